The monoisotopic (exact) mass is 623 g/mol. The molecule has 8 nitrogen and oxygen atoms in total. The predicted octanol–water partition coefficient (Wildman–Crippen LogP) is 4.87. The molecule has 0 amide bonds. The summed E-state index contributed by atoms with van der Waals surface area (Å²) in [7, 11) is -1.58. The summed E-state index contributed by atoms with van der Waals surface area (Å²) in [6, 6.07) is 14.2. The molecule has 10 heteroatoms. The highest BCUT2D eigenvalue weighted by Gasteiger charge is 2.33. The number of likely N-dealkylation sites (tertiary alicyclic amines) is 1. The number of thioether (sulfide) groups is 1. The molecule has 43 heavy (non-hydrogen) atoms. The number of likely N-dealkylation sites (N-methyl/N-ethyl adjacent to an activating group) is 1. The van der Waals surface area contributed by atoms with Crippen LogP contribution in [0.1, 0.15) is 32.6 Å². The molecule has 232 valence electrons. The summed E-state index contributed by atoms with van der Waals surface area (Å²) in [4.78, 5) is 16.4. The number of hydrogen-bond acceptors (Lipinski definition) is 9. The van der Waals surface area contributed by atoms with Crippen molar-refractivity contribution in [3.8, 4) is 5.75 Å². The van der Waals surface area contributed by atoms with Crippen LogP contribution in [0.5, 0.6) is 5.75 Å². The Kier molecular flexibility index (Phi) is 9.49. The van der Waals surface area contributed by atoms with Gasteiger partial charge in [0, 0.05) is 67.8 Å². The Hall–Kier alpha value is -2.37. The van der Waals surface area contributed by atoms with E-state index in [1.54, 1.807) is 42.2 Å². The van der Waals surface area contributed by atoms with E-state index >= 15 is 0 Å². The number of aromatic nitrogens is 1. The first-order chi connectivity index (χ1) is 20.9. The number of piperidine rings is 2. The summed E-state index contributed by atoms with van der Waals surface area (Å²) in [6.45, 7) is 11.2. The largest absolute Gasteiger partial charge is 0.494 e. The van der Waals surface area contributed by atoms with Crippen LogP contribution < -0.4 is 9.64 Å². The van der Waals surface area contributed by atoms with Gasteiger partial charge < -0.3 is 19.4 Å². The van der Waals surface area contributed by atoms with Gasteiger partial charge in [-0.05, 0) is 101 Å². The number of pyridine rings is 1. The summed E-state index contributed by atoms with van der Waals surface area (Å²) in [5.74, 6) is 0.664. The molecule has 0 spiro atoms. The summed E-state index contributed by atoms with van der Waals surface area (Å²) in [5, 5.41) is 0.908. The number of piperazine rings is 1. The van der Waals surface area contributed by atoms with Crippen LogP contribution in [0, 0.1) is 0 Å². The van der Waals surface area contributed by atoms with Gasteiger partial charge in [0.05, 0.1) is 22.7 Å². The lowest BCUT2D eigenvalue weighted by Gasteiger charge is -2.46. The summed E-state index contributed by atoms with van der Waals surface area (Å²) >= 11 is 1.66. The predicted molar refractivity (Wildman–Crippen MR) is 175 cm³/mol. The van der Waals surface area contributed by atoms with E-state index in [0.717, 1.165) is 60.5 Å². The van der Waals surface area contributed by atoms with Gasteiger partial charge in [-0.2, -0.15) is 0 Å². The zero-order chi connectivity index (χ0) is 30.0. The second kappa shape index (κ2) is 13.3. The second-order valence-electron chi connectivity index (χ2n) is 12.1. The van der Waals surface area contributed by atoms with Crippen molar-refractivity contribution >= 4 is 38.2 Å². The molecule has 3 fully saturated rings. The molecule has 0 atom stereocenters. The van der Waals surface area contributed by atoms with E-state index in [1.807, 2.05) is 19.2 Å². The average molecular weight is 624 g/mol. The van der Waals surface area contributed by atoms with Crippen LogP contribution in [0.2, 0.25) is 0 Å². The smallest absolute Gasteiger partial charge is 0.210 e. The Morgan fingerprint density at radius 2 is 1.49 bits per heavy atom. The lowest BCUT2D eigenvalue weighted by molar-refractivity contribution is 0.0495. The van der Waals surface area contributed by atoms with Gasteiger partial charge >= 0.3 is 0 Å². The number of anilines is 1. The fraction of sp³-hybridized carbons (Fsp3) is 0.545. The summed E-state index contributed by atoms with van der Waals surface area (Å²) in [6.07, 6.45) is 8.19. The van der Waals surface area contributed by atoms with Crippen molar-refractivity contribution in [2.45, 2.75) is 59.4 Å². The van der Waals surface area contributed by atoms with Gasteiger partial charge in [0.25, 0.3) is 0 Å². The van der Waals surface area contributed by atoms with Crippen molar-refractivity contribution in [3.05, 3.63) is 48.7 Å². The molecule has 1 aromatic heterocycles. The minimum absolute atomic E-state index is 0.262. The van der Waals surface area contributed by atoms with Gasteiger partial charge in [-0.25, -0.2) is 8.42 Å². The molecule has 0 saturated carbocycles. The molecule has 4 heterocycles. The van der Waals surface area contributed by atoms with Gasteiger partial charge in [-0.1, -0.05) is 0 Å². The van der Waals surface area contributed by atoms with Crippen LogP contribution in [-0.4, -0.2) is 112 Å². The third kappa shape index (κ3) is 6.54. The molecule has 2 aromatic carbocycles. The number of benzene rings is 2. The zero-order valence-electron chi connectivity index (χ0n) is 25.7. The highest BCUT2D eigenvalue weighted by Crippen LogP contribution is 2.39. The van der Waals surface area contributed by atoms with Gasteiger partial charge in [0.1, 0.15) is 10.6 Å². The highest BCUT2D eigenvalue weighted by molar-refractivity contribution is 7.98. The number of rotatable bonds is 8. The maximum Gasteiger partial charge on any atom is 0.210 e. The Balaban J connectivity index is 1.22. The lowest BCUT2D eigenvalue weighted by atomic mass is 9.96. The first-order valence-electron chi connectivity index (χ1n) is 15.7. The highest BCUT2D eigenvalue weighted by atomic mass is 32.2. The van der Waals surface area contributed by atoms with E-state index in [9.17, 15) is 8.42 Å². The third-order valence-electron chi connectivity index (χ3n) is 9.60. The molecule has 0 aliphatic carbocycles. The molecular weight excluding hydrogens is 579 g/mol. The fourth-order valence-electron chi connectivity index (χ4n) is 7.06. The molecule has 6 rings (SSSR count). The van der Waals surface area contributed by atoms with Gasteiger partial charge in [-0.15, -0.1) is 11.8 Å². The maximum absolute atomic E-state index is 14.1. The van der Waals surface area contributed by atoms with Gasteiger partial charge in [0.2, 0.25) is 9.84 Å². The SMILES string of the molecule is CCOc1ccc(S(=O)(=O)c2cnc3ccc(SC)cc3c2N2CCC(N3CCC(N4CCN(C)CC4)CC3)CC2)cc1. The van der Waals surface area contributed by atoms with Crippen molar-refractivity contribution < 1.29 is 13.2 Å². The van der Waals surface area contributed by atoms with Crippen LogP contribution in [0.3, 0.4) is 0 Å². The molecule has 0 bridgehead atoms. The minimum atomic E-state index is -3.80. The second-order valence-corrected chi connectivity index (χ2v) is 14.9. The number of nitrogens with zero attached hydrogens (tertiary/aromatic N) is 5. The summed E-state index contributed by atoms with van der Waals surface area (Å²) < 4.78 is 33.8. The quantitative estimate of drug-likeness (QED) is 0.327. The minimum Gasteiger partial charge on any atom is -0.494 e. The standard InChI is InChI=1S/C33H45N5O3S2/c1-4-41-27-5-8-29(9-6-27)43(39,40)32-24-34-31-10-7-28(42-3)23-30(31)33(32)38-17-13-25(14-18-38)36-15-11-26(12-16-36)37-21-19-35(2)20-22-37/h5-10,23-26H,4,11-22H2,1-3H3. The molecule has 0 N–H and O–H groups in total. The van der Waals surface area contributed by atoms with E-state index in [4.69, 9.17) is 4.74 Å². The lowest BCUT2D eigenvalue weighted by Crippen LogP contribution is -2.54. The van der Waals surface area contributed by atoms with E-state index < -0.39 is 9.84 Å². The van der Waals surface area contributed by atoms with Crippen LogP contribution >= 0.6 is 11.8 Å². The van der Waals surface area contributed by atoms with Crippen molar-refractivity contribution in [2.24, 2.45) is 0 Å². The number of hydrogen-bond donors (Lipinski definition) is 0. The Morgan fingerprint density at radius 3 is 2.12 bits per heavy atom. The molecule has 3 aliphatic rings. The van der Waals surface area contributed by atoms with Gasteiger partial charge in [-0.3, -0.25) is 9.88 Å². The van der Waals surface area contributed by atoms with Gasteiger partial charge in [0.15, 0.2) is 0 Å². The molecule has 3 saturated heterocycles. The average Bonchev–Trinajstić information content (AvgIpc) is 3.05. The Bertz CT molecular complexity index is 1490. The van der Waals surface area contributed by atoms with E-state index in [-0.39, 0.29) is 9.79 Å². The van der Waals surface area contributed by atoms with E-state index in [2.05, 4.69) is 43.8 Å². The number of fused-ring (bicyclic) bond motifs is 1. The zero-order valence-corrected chi connectivity index (χ0v) is 27.4. The fourth-order valence-corrected chi connectivity index (χ4v) is 8.93. The molecular formula is C33H45N5O3S2. The van der Waals surface area contributed by atoms with Crippen molar-refractivity contribution in [1.82, 2.24) is 19.7 Å². The van der Waals surface area contributed by atoms with Crippen molar-refractivity contribution in [3.63, 3.8) is 0 Å². The first-order valence-corrected chi connectivity index (χ1v) is 18.4. The third-order valence-corrected chi connectivity index (χ3v) is 12.1. The Labute approximate surface area is 261 Å². The topological polar surface area (TPSA) is 69.2 Å². The molecule has 0 radical (unpaired) electrons. The first kappa shape index (κ1) is 30.6. The number of sulfone groups is 1. The van der Waals surface area contributed by atoms with Crippen LogP contribution in [0.4, 0.5) is 5.69 Å². The van der Waals surface area contributed by atoms with Crippen LogP contribution in [0.25, 0.3) is 10.9 Å². The van der Waals surface area contributed by atoms with Crippen LogP contribution in [0.15, 0.2) is 63.3 Å². The normalized spacial score (nSPS) is 20.6. The van der Waals surface area contributed by atoms with Crippen LogP contribution in [-0.2, 0) is 9.84 Å². The molecule has 3 aromatic rings. The van der Waals surface area contributed by atoms with Crippen molar-refractivity contribution in [2.75, 3.05) is 77.2 Å². The number of ether oxygens (including phenoxy) is 1. The molecule has 0 unspecified atom stereocenters. The Morgan fingerprint density at radius 1 is 0.860 bits per heavy atom. The summed E-state index contributed by atoms with van der Waals surface area (Å²) in [5.41, 5.74) is 1.62. The molecule has 3 aliphatic heterocycles. The van der Waals surface area contributed by atoms with E-state index in [1.165, 1.54) is 39.0 Å². The maximum atomic E-state index is 14.1. The van der Waals surface area contributed by atoms with Crippen molar-refractivity contribution in [1.29, 1.82) is 0 Å². The van der Waals surface area contributed by atoms with E-state index in [0.29, 0.717) is 24.4 Å².